The number of carboxylic acids is 1. The van der Waals surface area contributed by atoms with Crippen LogP contribution < -0.4 is 0 Å². The van der Waals surface area contributed by atoms with Gasteiger partial charge in [-0.15, -0.1) is 0 Å². The lowest BCUT2D eigenvalue weighted by Gasteiger charge is -2.20. The first-order valence-electron chi connectivity index (χ1n) is 6.34. The third kappa shape index (κ3) is 3.16. The van der Waals surface area contributed by atoms with E-state index in [2.05, 4.69) is 9.97 Å². The highest BCUT2D eigenvalue weighted by molar-refractivity contribution is 5.96. The SMILES string of the molecule is COCCN(CC(=O)O)C(=O)c1c(C)nc2ncccn12. The molecule has 0 aliphatic heterocycles. The van der Waals surface area contributed by atoms with Gasteiger partial charge in [0.1, 0.15) is 12.2 Å². The second-order valence-electron chi connectivity index (χ2n) is 4.45. The molecule has 0 aliphatic rings. The van der Waals surface area contributed by atoms with Crippen molar-refractivity contribution in [2.75, 3.05) is 26.8 Å². The zero-order valence-corrected chi connectivity index (χ0v) is 11.8. The molecule has 0 saturated carbocycles. The lowest BCUT2D eigenvalue weighted by Crippen LogP contribution is -2.38. The van der Waals surface area contributed by atoms with Crippen molar-refractivity contribution in [3.8, 4) is 0 Å². The highest BCUT2D eigenvalue weighted by Gasteiger charge is 2.24. The molecule has 0 unspecified atom stereocenters. The van der Waals surface area contributed by atoms with Gasteiger partial charge in [-0.1, -0.05) is 0 Å². The fraction of sp³-hybridized carbons (Fsp3) is 0.385. The topological polar surface area (TPSA) is 97.0 Å². The maximum absolute atomic E-state index is 12.6. The molecule has 8 nitrogen and oxygen atoms in total. The van der Waals surface area contributed by atoms with Crippen molar-refractivity contribution in [3.05, 3.63) is 29.8 Å². The molecule has 2 aromatic rings. The normalized spacial score (nSPS) is 10.8. The summed E-state index contributed by atoms with van der Waals surface area (Å²) in [5.74, 6) is -1.09. The molecule has 1 amide bonds. The lowest BCUT2D eigenvalue weighted by molar-refractivity contribution is -0.137. The van der Waals surface area contributed by atoms with Crippen LogP contribution in [-0.2, 0) is 9.53 Å². The summed E-state index contributed by atoms with van der Waals surface area (Å²) in [5, 5.41) is 8.94. The third-order valence-corrected chi connectivity index (χ3v) is 2.96. The van der Waals surface area contributed by atoms with Crippen LogP contribution in [0.4, 0.5) is 0 Å². The van der Waals surface area contributed by atoms with Gasteiger partial charge in [-0.05, 0) is 13.0 Å². The second-order valence-corrected chi connectivity index (χ2v) is 4.45. The van der Waals surface area contributed by atoms with Crippen LogP contribution in [0, 0.1) is 6.92 Å². The van der Waals surface area contributed by atoms with Crippen LogP contribution >= 0.6 is 0 Å². The largest absolute Gasteiger partial charge is 0.480 e. The van der Waals surface area contributed by atoms with E-state index in [1.54, 1.807) is 29.8 Å². The predicted octanol–water partition coefficient (Wildman–Crippen LogP) is 0.211. The predicted molar refractivity (Wildman–Crippen MR) is 73.1 cm³/mol. The van der Waals surface area contributed by atoms with E-state index >= 15 is 0 Å². The van der Waals surface area contributed by atoms with E-state index in [9.17, 15) is 9.59 Å². The van der Waals surface area contributed by atoms with Gasteiger partial charge in [0.2, 0.25) is 5.78 Å². The number of hydrogen-bond donors (Lipinski definition) is 1. The molecule has 0 aliphatic carbocycles. The Kier molecular flexibility index (Phi) is 4.49. The quantitative estimate of drug-likeness (QED) is 0.817. The van der Waals surface area contributed by atoms with Crippen molar-refractivity contribution in [1.29, 1.82) is 0 Å². The fourth-order valence-corrected chi connectivity index (χ4v) is 2.02. The number of rotatable bonds is 6. The number of ether oxygens (including phenoxy) is 1. The lowest BCUT2D eigenvalue weighted by atomic mass is 10.3. The van der Waals surface area contributed by atoms with E-state index in [1.807, 2.05) is 0 Å². The minimum Gasteiger partial charge on any atom is -0.480 e. The number of imidazole rings is 1. The number of carboxylic acid groups (broad SMARTS) is 1. The Balaban J connectivity index is 2.37. The number of aliphatic carboxylic acids is 1. The number of hydrogen-bond acceptors (Lipinski definition) is 5. The number of aryl methyl sites for hydroxylation is 1. The first-order valence-corrected chi connectivity index (χ1v) is 6.34. The molecular weight excluding hydrogens is 276 g/mol. The maximum atomic E-state index is 12.6. The summed E-state index contributed by atoms with van der Waals surface area (Å²) in [7, 11) is 1.49. The Morgan fingerprint density at radius 2 is 2.24 bits per heavy atom. The van der Waals surface area contributed by atoms with Gasteiger partial charge < -0.3 is 14.7 Å². The molecule has 0 atom stereocenters. The van der Waals surface area contributed by atoms with Crippen LogP contribution in [0.15, 0.2) is 18.5 Å². The van der Waals surface area contributed by atoms with Crippen LogP contribution in [0.2, 0.25) is 0 Å². The molecule has 0 aromatic carbocycles. The number of carbonyl (C=O) groups excluding carboxylic acids is 1. The van der Waals surface area contributed by atoms with Gasteiger partial charge in [-0.2, -0.15) is 0 Å². The minimum atomic E-state index is -1.08. The van der Waals surface area contributed by atoms with Gasteiger partial charge >= 0.3 is 5.97 Å². The summed E-state index contributed by atoms with van der Waals surface area (Å²) in [6.45, 7) is 1.74. The number of nitrogens with zero attached hydrogens (tertiary/aromatic N) is 4. The third-order valence-electron chi connectivity index (χ3n) is 2.96. The highest BCUT2D eigenvalue weighted by Crippen LogP contribution is 2.12. The second kappa shape index (κ2) is 6.31. The highest BCUT2D eigenvalue weighted by atomic mass is 16.5. The first-order chi connectivity index (χ1) is 10.0. The molecule has 2 rings (SSSR count). The van der Waals surface area contributed by atoms with Crippen molar-refractivity contribution in [1.82, 2.24) is 19.3 Å². The summed E-state index contributed by atoms with van der Waals surface area (Å²) >= 11 is 0. The van der Waals surface area contributed by atoms with E-state index in [-0.39, 0.29) is 13.2 Å². The van der Waals surface area contributed by atoms with E-state index in [1.165, 1.54) is 12.0 Å². The van der Waals surface area contributed by atoms with Gasteiger partial charge in [0.05, 0.1) is 12.3 Å². The Morgan fingerprint density at radius 1 is 1.48 bits per heavy atom. The molecule has 0 bridgehead atoms. The van der Waals surface area contributed by atoms with Crippen LogP contribution in [0.1, 0.15) is 16.2 Å². The molecule has 2 heterocycles. The van der Waals surface area contributed by atoms with Gasteiger partial charge in [-0.3, -0.25) is 14.0 Å². The van der Waals surface area contributed by atoms with Crippen LogP contribution in [-0.4, -0.2) is 63.1 Å². The molecule has 0 spiro atoms. The van der Waals surface area contributed by atoms with Gasteiger partial charge in [0.25, 0.3) is 5.91 Å². The molecule has 21 heavy (non-hydrogen) atoms. The van der Waals surface area contributed by atoms with Crippen LogP contribution in [0.3, 0.4) is 0 Å². The average Bonchev–Trinajstić information content (AvgIpc) is 2.78. The van der Waals surface area contributed by atoms with Gasteiger partial charge in [-0.25, -0.2) is 9.97 Å². The molecule has 2 aromatic heterocycles. The van der Waals surface area contributed by atoms with Gasteiger partial charge in [0.15, 0.2) is 0 Å². The van der Waals surface area contributed by atoms with Gasteiger partial charge in [0, 0.05) is 26.0 Å². The van der Waals surface area contributed by atoms with Crippen molar-refractivity contribution in [2.45, 2.75) is 6.92 Å². The first kappa shape index (κ1) is 14.9. The fourth-order valence-electron chi connectivity index (χ4n) is 2.02. The summed E-state index contributed by atoms with van der Waals surface area (Å²) in [5.41, 5.74) is 0.821. The Morgan fingerprint density at radius 3 is 2.90 bits per heavy atom. The molecule has 0 saturated heterocycles. The number of amides is 1. The van der Waals surface area contributed by atoms with E-state index in [0.29, 0.717) is 17.2 Å². The van der Waals surface area contributed by atoms with Crippen LogP contribution in [0.25, 0.3) is 5.78 Å². The molecule has 8 heteroatoms. The average molecular weight is 292 g/mol. The zero-order valence-electron chi connectivity index (χ0n) is 11.8. The summed E-state index contributed by atoms with van der Waals surface area (Å²) in [4.78, 5) is 33.0. The van der Waals surface area contributed by atoms with E-state index in [0.717, 1.165) is 0 Å². The summed E-state index contributed by atoms with van der Waals surface area (Å²) < 4.78 is 6.47. The van der Waals surface area contributed by atoms with Crippen molar-refractivity contribution in [2.24, 2.45) is 0 Å². The van der Waals surface area contributed by atoms with Crippen molar-refractivity contribution in [3.63, 3.8) is 0 Å². The molecule has 0 radical (unpaired) electrons. The Hall–Kier alpha value is -2.48. The molecule has 1 N–H and O–H groups in total. The van der Waals surface area contributed by atoms with Crippen LogP contribution in [0.5, 0.6) is 0 Å². The number of fused-ring (bicyclic) bond motifs is 1. The molecule has 112 valence electrons. The summed E-state index contributed by atoms with van der Waals surface area (Å²) in [6.07, 6.45) is 3.25. The smallest absolute Gasteiger partial charge is 0.323 e. The van der Waals surface area contributed by atoms with Crippen molar-refractivity contribution < 1.29 is 19.4 Å². The monoisotopic (exact) mass is 292 g/mol. The zero-order chi connectivity index (χ0) is 15.4. The number of carbonyl (C=O) groups is 2. The molecule has 0 fully saturated rings. The van der Waals surface area contributed by atoms with E-state index in [4.69, 9.17) is 9.84 Å². The van der Waals surface area contributed by atoms with Crippen molar-refractivity contribution >= 4 is 17.7 Å². The van der Waals surface area contributed by atoms with E-state index < -0.39 is 18.4 Å². The Bertz CT molecular complexity index is 667. The standard InChI is InChI=1S/C13H16N4O4/c1-9-11(17-5-3-4-14-13(17)15-9)12(20)16(6-7-21-2)8-10(18)19/h3-5H,6-8H2,1-2H3,(H,18,19). The molecular formula is C13H16N4O4. The number of aromatic nitrogens is 3. The Labute approximate surface area is 121 Å². The summed E-state index contributed by atoms with van der Waals surface area (Å²) in [6, 6.07) is 1.68. The maximum Gasteiger partial charge on any atom is 0.323 e. The number of methoxy groups -OCH3 is 1. The minimum absolute atomic E-state index is 0.189.